The summed E-state index contributed by atoms with van der Waals surface area (Å²) >= 11 is 1.50. The minimum absolute atomic E-state index is 0.221. The number of nitrogens with zero attached hydrogens (tertiary/aromatic N) is 1. The fraction of sp³-hybridized carbons (Fsp3) is 0.250. The molecule has 0 spiro atoms. The molecule has 1 aromatic carbocycles. The van der Waals surface area contributed by atoms with E-state index in [0.29, 0.717) is 5.56 Å². The lowest BCUT2D eigenvalue weighted by molar-refractivity contribution is 0.614. The fourth-order valence-electron chi connectivity index (χ4n) is 1.46. The van der Waals surface area contributed by atoms with Crippen LogP contribution in [0.1, 0.15) is 27.9 Å². The summed E-state index contributed by atoms with van der Waals surface area (Å²) in [5.74, 6) is -0.221. The molecule has 1 heterocycles. The summed E-state index contributed by atoms with van der Waals surface area (Å²) in [6.45, 7) is 3.65. The van der Waals surface area contributed by atoms with E-state index in [9.17, 15) is 4.39 Å². The minimum atomic E-state index is -0.339. The van der Waals surface area contributed by atoms with E-state index in [1.54, 1.807) is 13.0 Å². The second-order valence-corrected chi connectivity index (χ2v) is 4.70. The van der Waals surface area contributed by atoms with Gasteiger partial charge in [0.05, 0.1) is 6.04 Å². The zero-order valence-electron chi connectivity index (χ0n) is 9.20. The Kier molecular flexibility index (Phi) is 3.03. The third-order valence-corrected chi connectivity index (χ3v) is 3.50. The van der Waals surface area contributed by atoms with E-state index < -0.39 is 0 Å². The molecule has 0 radical (unpaired) electrons. The van der Waals surface area contributed by atoms with Gasteiger partial charge in [0.1, 0.15) is 10.8 Å². The number of halogens is 1. The van der Waals surface area contributed by atoms with E-state index >= 15 is 0 Å². The highest BCUT2D eigenvalue weighted by atomic mass is 32.1. The lowest BCUT2D eigenvalue weighted by atomic mass is 10.1. The molecule has 0 amide bonds. The first kappa shape index (κ1) is 11.2. The minimum Gasteiger partial charge on any atom is -0.318 e. The molecule has 2 rings (SSSR count). The van der Waals surface area contributed by atoms with Gasteiger partial charge in [-0.25, -0.2) is 9.37 Å². The Bertz CT molecular complexity index is 507. The van der Waals surface area contributed by atoms with Crippen molar-refractivity contribution in [3.63, 3.8) is 0 Å². The van der Waals surface area contributed by atoms with Gasteiger partial charge in [-0.15, -0.1) is 11.3 Å². The van der Waals surface area contributed by atoms with Crippen LogP contribution in [0.4, 0.5) is 4.39 Å². The predicted molar refractivity (Wildman–Crippen MR) is 64.0 cm³/mol. The van der Waals surface area contributed by atoms with Crippen LogP contribution in [0.3, 0.4) is 0 Å². The van der Waals surface area contributed by atoms with E-state index in [4.69, 9.17) is 5.73 Å². The lowest BCUT2D eigenvalue weighted by Gasteiger charge is -2.09. The second kappa shape index (κ2) is 4.31. The van der Waals surface area contributed by atoms with E-state index in [1.807, 2.05) is 18.4 Å². The van der Waals surface area contributed by atoms with Crippen LogP contribution in [0.2, 0.25) is 0 Å². The maximum Gasteiger partial charge on any atom is 0.126 e. The molecule has 0 aliphatic rings. The number of aromatic nitrogens is 1. The maximum atomic E-state index is 13.4. The van der Waals surface area contributed by atoms with Crippen molar-refractivity contribution in [3.8, 4) is 0 Å². The summed E-state index contributed by atoms with van der Waals surface area (Å²) in [7, 11) is 0. The Morgan fingerprint density at radius 3 is 2.69 bits per heavy atom. The third kappa shape index (κ3) is 2.13. The van der Waals surface area contributed by atoms with Crippen LogP contribution in [0.25, 0.3) is 0 Å². The van der Waals surface area contributed by atoms with Crippen LogP contribution in [-0.4, -0.2) is 4.98 Å². The Morgan fingerprint density at radius 1 is 1.38 bits per heavy atom. The number of hydrogen-bond acceptors (Lipinski definition) is 3. The largest absolute Gasteiger partial charge is 0.318 e. The highest BCUT2D eigenvalue weighted by molar-refractivity contribution is 7.09. The highest BCUT2D eigenvalue weighted by Gasteiger charge is 2.13. The molecule has 0 aliphatic heterocycles. The molecule has 0 bridgehead atoms. The van der Waals surface area contributed by atoms with Crippen molar-refractivity contribution in [2.45, 2.75) is 19.9 Å². The van der Waals surface area contributed by atoms with Gasteiger partial charge in [-0.1, -0.05) is 12.1 Å². The van der Waals surface area contributed by atoms with Crippen LogP contribution in [-0.2, 0) is 0 Å². The first-order valence-corrected chi connectivity index (χ1v) is 5.89. The van der Waals surface area contributed by atoms with E-state index in [-0.39, 0.29) is 11.9 Å². The van der Waals surface area contributed by atoms with Gasteiger partial charge in [-0.3, -0.25) is 0 Å². The maximum absolute atomic E-state index is 13.4. The third-order valence-electron chi connectivity index (χ3n) is 2.46. The van der Waals surface area contributed by atoms with Crippen LogP contribution < -0.4 is 5.73 Å². The van der Waals surface area contributed by atoms with Crippen LogP contribution in [0.5, 0.6) is 0 Å². The zero-order chi connectivity index (χ0) is 11.7. The summed E-state index contributed by atoms with van der Waals surface area (Å²) in [6.07, 6.45) is 0. The molecule has 1 atom stereocenters. The van der Waals surface area contributed by atoms with Crippen molar-refractivity contribution in [2.24, 2.45) is 5.73 Å². The van der Waals surface area contributed by atoms with Gasteiger partial charge in [-0.05, 0) is 31.0 Å². The highest BCUT2D eigenvalue weighted by Crippen LogP contribution is 2.24. The van der Waals surface area contributed by atoms with E-state index in [0.717, 1.165) is 16.3 Å². The van der Waals surface area contributed by atoms with Gasteiger partial charge in [0, 0.05) is 11.1 Å². The van der Waals surface area contributed by atoms with Gasteiger partial charge in [0.2, 0.25) is 0 Å². The molecule has 0 aliphatic carbocycles. The first-order chi connectivity index (χ1) is 7.58. The molecule has 1 aromatic heterocycles. The molecule has 0 saturated carbocycles. The smallest absolute Gasteiger partial charge is 0.126 e. The van der Waals surface area contributed by atoms with Gasteiger partial charge in [0.25, 0.3) is 0 Å². The van der Waals surface area contributed by atoms with Crippen LogP contribution in [0, 0.1) is 19.7 Å². The Balaban J connectivity index is 2.33. The van der Waals surface area contributed by atoms with Gasteiger partial charge in [0.15, 0.2) is 0 Å². The monoisotopic (exact) mass is 236 g/mol. The predicted octanol–water partition coefficient (Wildman–Crippen LogP) is 2.95. The number of rotatable bonds is 2. The average molecular weight is 236 g/mol. The van der Waals surface area contributed by atoms with E-state index in [1.165, 1.54) is 17.4 Å². The fourth-order valence-corrected chi connectivity index (χ4v) is 2.28. The number of hydrogen-bond donors (Lipinski definition) is 1. The van der Waals surface area contributed by atoms with Crippen LogP contribution in [0.15, 0.2) is 23.6 Å². The molecule has 1 unspecified atom stereocenters. The van der Waals surface area contributed by atoms with Gasteiger partial charge >= 0.3 is 0 Å². The van der Waals surface area contributed by atoms with Crippen LogP contribution >= 0.6 is 11.3 Å². The topological polar surface area (TPSA) is 38.9 Å². The van der Waals surface area contributed by atoms with Crippen molar-refractivity contribution < 1.29 is 4.39 Å². The van der Waals surface area contributed by atoms with Crippen molar-refractivity contribution in [3.05, 3.63) is 51.2 Å². The van der Waals surface area contributed by atoms with Crippen molar-refractivity contribution in [1.82, 2.24) is 4.98 Å². The van der Waals surface area contributed by atoms with E-state index in [2.05, 4.69) is 4.98 Å². The summed E-state index contributed by atoms with van der Waals surface area (Å²) in [4.78, 5) is 4.31. The lowest BCUT2D eigenvalue weighted by Crippen LogP contribution is -2.12. The molecule has 2 N–H and O–H groups in total. The molecule has 0 fully saturated rings. The second-order valence-electron chi connectivity index (χ2n) is 3.81. The molecular weight excluding hydrogens is 223 g/mol. The van der Waals surface area contributed by atoms with Crippen molar-refractivity contribution in [1.29, 1.82) is 0 Å². The molecular formula is C12H13FN2S. The first-order valence-electron chi connectivity index (χ1n) is 5.01. The summed E-state index contributed by atoms with van der Waals surface area (Å²) in [5, 5.41) is 2.76. The van der Waals surface area contributed by atoms with Gasteiger partial charge in [-0.2, -0.15) is 0 Å². The molecule has 84 valence electrons. The Hall–Kier alpha value is -1.26. The Morgan fingerprint density at radius 2 is 2.12 bits per heavy atom. The quantitative estimate of drug-likeness (QED) is 0.870. The SMILES string of the molecule is Cc1csc(C(N)c2ccc(C)c(F)c2)n1. The number of benzene rings is 1. The summed E-state index contributed by atoms with van der Waals surface area (Å²) in [6, 6.07) is 4.73. The molecule has 16 heavy (non-hydrogen) atoms. The molecule has 0 saturated heterocycles. The molecule has 2 aromatic rings. The standard InChI is InChI=1S/C12H13FN2S/c1-7-3-4-9(5-10(7)13)11(14)12-15-8(2)6-16-12/h3-6,11H,14H2,1-2H3. The molecule has 4 heteroatoms. The zero-order valence-corrected chi connectivity index (χ0v) is 10.0. The average Bonchev–Trinajstić information content (AvgIpc) is 2.68. The van der Waals surface area contributed by atoms with Gasteiger partial charge < -0.3 is 5.73 Å². The number of aryl methyl sites for hydroxylation is 2. The summed E-state index contributed by atoms with van der Waals surface area (Å²) in [5.41, 5.74) is 8.37. The number of thiazole rings is 1. The normalized spacial score (nSPS) is 12.8. The summed E-state index contributed by atoms with van der Waals surface area (Å²) < 4.78 is 13.4. The Labute approximate surface area is 97.9 Å². The number of nitrogens with two attached hydrogens (primary N) is 1. The van der Waals surface area contributed by atoms with Crippen molar-refractivity contribution in [2.75, 3.05) is 0 Å². The molecule has 2 nitrogen and oxygen atoms in total. The van der Waals surface area contributed by atoms with Crippen molar-refractivity contribution >= 4 is 11.3 Å².